The highest BCUT2D eigenvalue weighted by atomic mass is 16.2. The standard InChI is InChI=1S/C19H14N2O2/c1-21-18(22)16(12-7-3-2-4-8-12)17(19(21)23)15-11-13-9-5-6-10-14(13)20-15/h2-11,20H,1H3. The molecule has 1 aromatic heterocycles. The maximum Gasteiger partial charge on any atom is 0.263 e. The number of aromatic amines is 1. The summed E-state index contributed by atoms with van der Waals surface area (Å²) in [5, 5.41) is 1.01. The molecule has 0 saturated heterocycles. The summed E-state index contributed by atoms with van der Waals surface area (Å²) in [7, 11) is 1.52. The molecule has 2 amide bonds. The molecule has 0 atom stereocenters. The van der Waals surface area contributed by atoms with Crippen LogP contribution in [-0.4, -0.2) is 28.7 Å². The molecule has 4 heteroatoms. The summed E-state index contributed by atoms with van der Waals surface area (Å²) in [6.45, 7) is 0. The molecule has 1 N–H and O–H groups in total. The first-order valence-corrected chi connectivity index (χ1v) is 7.37. The molecule has 3 aromatic rings. The topological polar surface area (TPSA) is 53.2 Å². The predicted molar refractivity (Wildman–Crippen MR) is 89.3 cm³/mol. The van der Waals surface area contributed by atoms with Crippen LogP contribution in [0.1, 0.15) is 11.3 Å². The van der Waals surface area contributed by atoms with Crippen molar-refractivity contribution >= 4 is 33.9 Å². The molecule has 4 rings (SSSR count). The van der Waals surface area contributed by atoms with Crippen LogP contribution in [0.4, 0.5) is 0 Å². The molecular formula is C19H14N2O2. The fourth-order valence-corrected chi connectivity index (χ4v) is 2.97. The Morgan fingerprint density at radius 3 is 2.22 bits per heavy atom. The van der Waals surface area contributed by atoms with Gasteiger partial charge in [0, 0.05) is 18.0 Å². The zero-order valence-electron chi connectivity index (χ0n) is 12.5. The lowest BCUT2D eigenvalue weighted by Crippen LogP contribution is -2.26. The Balaban J connectivity index is 1.99. The minimum atomic E-state index is -0.277. The van der Waals surface area contributed by atoms with E-state index < -0.39 is 0 Å². The quantitative estimate of drug-likeness (QED) is 0.740. The van der Waals surface area contributed by atoms with Gasteiger partial charge in [-0.15, -0.1) is 0 Å². The Morgan fingerprint density at radius 2 is 1.48 bits per heavy atom. The number of para-hydroxylation sites is 1. The summed E-state index contributed by atoms with van der Waals surface area (Å²) < 4.78 is 0. The molecule has 0 saturated carbocycles. The second kappa shape index (κ2) is 4.95. The van der Waals surface area contributed by atoms with Crippen molar-refractivity contribution in [1.29, 1.82) is 0 Å². The van der Waals surface area contributed by atoms with Crippen molar-refractivity contribution in [3.05, 3.63) is 71.9 Å². The Labute approximate surface area is 133 Å². The molecule has 23 heavy (non-hydrogen) atoms. The summed E-state index contributed by atoms with van der Waals surface area (Å²) in [4.78, 5) is 29.6. The average molecular weight is 302 g/mol. The van der Waals surface area contributed by atoms with E-state index in [-0.39, 0.29) is 11.8 Å². The van der Waals surface area contributed by atoms with Crippen LogP contribution in [-0.2, 0) is 9.59 Å². The van der Waals surface area contributed by atoms with Crippen LogP contribution >= 0.6 is 0 Å². The van der Waals surface area contributed by atoms with E-state index >= 15 is 0 Å². The van der Waals surface area contributed by atoms with E-state index in [1.54, 1.807) is 0 Å². The predicted octanol–water partition coefficient (Wildman–Crippen LogP) is 3.08. The third-order valence-electron chi connectivity index (χ3n) is 4.15. The number of imide groups is 1. The maximum atomic E-state index is 12.6. The number of fused-ring (bicyclic) bond motifs is 1. The van der Waals surface area contributed by atoms with Crippen molar-refractivity contribution in [3.63, 3.8) is 0 Å². The van der Waals surface area contributed by atoms with Gasteiger partial charge in [-0.1, -0.05) is 48.5 Å². The van der Waals surface area contributed by atoms with Gasteiger partial charge in [0.05, 0.1) is 16.8 Å². The van der Waals surface area contributed by atoms with E-state index in [1.807, 2.05) is 60.7 Å². The zero-order valence-corrected chi connectivity index (χ0v) is 12.5. The molecule has 1 aliphatic rings. The number of nitrogens with zero attached hydrogens (tertiary/aromatic N) is 1. The summed E-state index contributed by atoms with van der Waals surface area (Å²) in [6, 6.07) is 19.0. The summed E-state index contributed by atoms with van der Waals surface area (Å²) >= 11 is 0. The van der Waals surface area contributed by atoms with Gasteiger partial charge in [-0.05, 0) is 17.7 Å². The van der Waals surface area contributed by atoms with Crippen molar-refractivity contribution < 1.29 is 9.59 Å². The first-order valence-electron chi connectivity index (χ1n) is 7.37. The molecule has 112 valence electrons. The summed E-state index contributed by atoms with van der Waals surface area (Å²) in [5.41, 5.74) is 3.25. The smallest absolute Gasteiger partial charge is 0.263 e. The van der Waals surface area contributed by atoms with Crippen molar-refractivity contribution in [3.8, 4) is 0 Å². The van der Waals surface area contributed by atoms with E-state index in [0.29, 0.717) is 16.8 Å². The number of benzene rings is 2. The Hall–Kier alpha value is -3.14. The van der Waals surface area contributed by atoms with Crippen LogP contribution in [0.15, 0.2) is 60.7 Å². The molecule has 0 bridgehead atoms. The lowest BCUT2D eigenvalue weighted by Gasteiger charge is -2.06. The second-order valence-electron chi connectivity index (χ2n) is 5.56. The molecular weight excluding hydrogens is 288 g/mol. The van der Waals surface area contributed by atoms with Crippen LogP contribution < -0.4 is 0 Å². The molecule has 0 spiro atoms. The van der Waals surface area contributed by atoms with Gasteiger partial charge in [-0.2, -0.15) is 0 Å². The zero-order chi connectivity index (χ0) is 16.0. The number of H-pyrrole nitrogens is 1. The van der Waals surface area contributed by atoms with Crippen molar-refractivity contribution in [2.24, 2.45) is 0 Å². The fraction of sp³-hybridized carbons (Fsp3) is 0.0526. The monoisotopic (exact) mass is 302 g/mol. The highest BCUT2D eigenvalue weighted by Gasteiger charge is 2.37. The van der Waals surface area contributed by atoms with Gasteiger partial charge in [-0.25, -0.2) is 0 Å². The number of amides is 2. The molecule has 0 fully saturated rings. The largest absolute Gasteiger partial charge is 0.354 e. The molecule has 0 aliphatic carbocycles. The Kier molecular flexibility index (Phi) is 2.91. The van der Waals surface area contributed by atoms with Gasteiger partial charge in [0.1, 0.15) is 0 Å². The van der Waals surface area contributed by atoms with E-state index in [1.165, 1.54) is 11.9 Å². The van der Waals surface area contributed by atoms with E-state index in [0.717, 1.165) is 16.5 Å². The number of aromatic nitrogens is 1. The Morgan fingerprint density at radius 1 is 0.826 bits per heavy atom. The SMILES string of the molecule is CN1C(=O)C(c2ccccc2)=C(c2cc3ccccc3[nH]2)C1=O. The minimum absolute atomic E-state index is 0.269. The molecule has 1 aliphatic heterocycles. The number of carbonyl (C=O) groups is 2. The number of likely N-dealkylation sites (N-methyl/N-ethyl adjacent to an activating group) is 1. The minimum Gasteiger partial charge on any atom is -0.354 e. The summed E-state index contributed by atoms with van der Waals surface area (Å²) in [5.74, 6) is -0.546. The van der Waals surface area contributed by atoms with E-state index in [2.05, 4.69) is 4.98 Å². The van der Waals surface area contributed by atoms with Crippen molar-refractivity contribution in [1.82, 2.24) is 9.88 Å². The number of rotatable bonds is 2. The third kappa shape index (κ3) is 1.99. The van der Waals surface area contributed by atoms with Gasteiger partial charge in [0.2, 0.25) is 0 Å². The van der Waals surface area contributed by atoms with Crippen LogP contribution in [0.3, 0.4) is 0 Å². The fourth-order valence-electron chi connectivity index (χ4n) is 2.97. The average Bonchev–Trinajstić information content (AvgIpc) is 3.10. The van der Waals surface area contributed by atoms with Gasteiger partial charge in [-0.3, -0.25) is 14.5 Å². The maximum absolute atomic E-state index is 12.6. The Bertz CT molecular complexity index is 934. The van der Waals surface area contributed by atoms with Gasteiger partial charge in [0.15, 0.2) is 0 Å². The lowest BCUT2D eigenvalue weighted by molar-refractivity contribution is -0.134. The van der Waals surface area contributed by atoms with Gasteiger partial charge < -0.3 is 4.98 Å². The third-order valence-corrected chi connectivity index (χ3v) is 4.15. The second-order valence-corrected chi connectivity index (χ2v) is 5.56. The number of nitrogens with one attached hydrogen (secondary N) is 1. The van der Waals surface area contributed by atoms with Crippen LogP contribution in [0.5, 0.6) is 0 Å². The van der Waals surface area contributed by atoms with Crippen LogP contribution in [0, 0.1) is 0 Å². The highest BCUT2D eigenvalue weighted by Crippen LogP contribution is 2.35. The molecule has 0 radical (unpaired) electrons. The number of hydrogen-bond acceptors (Lipinski definition) is 2. The lowest BCUT2D eigenvalue weighted by atomic mass is 10.00. The van der Waals surface area contributed by atoms with E-state index in [9.17, 15) is 9.59 Å². The normalized spacial score (nSPS) is 15.1. The molecule has 0 unspecified atom stereocenters. The molecule has 4 nitrogen and oxygen atoms in total. The first kappa shape index (κ1) is 13.5. The van der Waals surface area contributed by atoms with Crippen molar-refractivity contribution in [2.75, 3.05) is 7.05 Å². The van der Waals surface area contributed by atoms with E-state index in [4.69, 9.17) is 0 Å². The molecule has 2 aromatic carbocycles. The first-order chi connectivity index (χ1) is 11.2. The van der Waals surface area contributed by atoms with Gasteiger partial charge >= 0.3 is 0 Å². The highest BCUT2D eigenvalue weighted by molar-refractivity contribution is 6.48. The number of hydrogen-bond donors (Lipinski definition) is 1. The summed E-state index contributed by atoms with van der Waals surface area (Å²) in [6.07, 6.45) is 0. The van der Waals surface area contributed by atoms with Crippen LogP contribution in [0.25, 0.3) is 22.0 Å². The van der Waals surface area contributed by atoms with Gasteiger partial charge in [0.25, 0.3) is 11.8 Å². The van der Waals surface area contributed by atoms with Crippen LogP contribution in [0.2, 0.25) is 0 Å². The number of carbonyl (C=O) groups excluding carboxylic acids is 2. The van der Waals surface area contributed by atoms with Crippen molar-refractivity contribution in [2.45, 2.75) is 0 Å². The molecule has 2 heterocycles.